The molecule has 1 saturated carbocycles. The van der Waals surface area contributed by atoms with Gasteiger partial charge in [0, 0.05) is 43.3 Å². The Hall–Kier alpha value is -1.83. The molecule has 2 heterocycles. The average Bonchev–Trinajstić information content (AvgIpc) is 2.94. The van der Waals surface area contributed by atoms with Gasteiger partial charge >= 0.3 is 0 Å². The number of halogens is 1. The molecule has 1 aromatic rings. The van der Waals surface area contributed by atoms with Crippen molar-refractivity contribution < 1.29 is 14.7 Å². The third-order valence-electron chi connectivity index (χ3n) is 6.75. The second-order valence-electron chi connectivity index (χ2n) is 8.42. The number of piperazine rings is 1. The highest BCUT2D eigenvalue weighted by Crippen LogP contribution is 2.41. The maximum atomic E-state index is 12.8. The van der Waals surface area contributed by atoms with Gasteiger partial charge in [-0.05, 0) is 49.8 Å². The number of aliphatic hydroxyl groups is 1. The van der Waals surface area contributed by atoms with Crippen molar-refractivity contribution in [1.29, 1.82) is 0 Å². The number of rotatable bonds is 5. The summed E-state index contributed by atoms with van der Waals surface area (Å²) >= 11 is 6.15. The predicted molar refractivity (Wildman–Crippen MR) is 112 cm³/mol. The fourth-order valence-electron chi connectivity index (χ4n) is 4.77. The minimum Gasteiger partial charge on any atom is -0.368 e. The quantitative estimate of drug-likeness (QED) is 0.674. The average molecular weight is 421 g/mol. The van der Waals surface area contributed by atoms with E-state index >= 15 is 0 Å². The second kappa shape index (κ2) is 8.13. The number of nitrogens with one attached hydrogen (secondary N) is 2. The van der Waals surface area contributed by atoms with Gasteiger partial charge < -0.3 is 20.2 Å². The van der Waals surface area contributed by atoms with E-state index in [-0.39, 0.29) is 17.7 Å². The summed E-state index contributed by atoms with van der Waals surface area (Å²) in [4.78, 5) is 29.5. The van der Waals surface area contributed by atoms with Gasteiger partial charge in [0.15, 0.2) is 6.35 Å². The van der Waals surface area contributed by atoms with Crippen LogP contribution in [0.3, 0.4) is 0 Å². The number of aryl methyl sites for hydroxylation is 1. The van der Waals surface area contributed by atoms with Crippen LogP contribution in [0.25, 0.3) is 0 Å². The van der Waals surface area contributed by atoms with Crippen LogP contribution < -0.4 is 15.5 Å². The Morgan fingerprint density at radius 2 is 2.00 bits per heavy atom. The zero-order valence-corrected chi connectivity index (χ0v) is 17.5. The lowest BCUT2D eigenvalue weighted by molar-refractivity contribution is -0.133. The summed E-state index contributed by atoms with van der Waals surface area (Å²) in [6.45, 7) is 4.90. The van der Waals surface area contributed by atoms with E-state index in [9.17, 15) is 14.7 Å². The van der Waals surface area contributed by atoms with Gasteiger partial charge in [-0.1, -0.05) is 24.1 Å². The van der Waals surface area contributed by atoms with Crippen LogP contribution in [0, 0.1) is 12.8 Å². The molecule has 3 aliphatic rings. The second-order valence-corrected chi connectivity index (χ2v) is 8.85. The molecule has 158 valence electrons. The van der Waals surface area contributed by atoms with Crippen molar-refractivity contribution in [3.05, 3.63) is 28.8 Å². The Labute approximate surface area is 176 Å². The molecule has 0 spiro atoms. The highest BCUT2D eigenvalue weighted by molar-refractivity contribution is 6.30. The first-order chi connectivity index (χ1) is 13.9. The molecule has 2 amide bonds. The van der Waals surface area contributed by atoms with E-state index in [4.69, 9.17) is 11.6 Å². The molecule has 2 unspecified atom stereocenters. The number of carbonyl (C=O) groups excluding carboxylic acids is 2. The Balaban J connectivity index is 1.34. The number of benzene rings is 1. The van der Waals surface area contributed by atoms with E-state index in [1.165, 1.54) is 5.56 Å². The topological polar surface area (TPSA) is 84.9 Å². The van der Waals surface area contributed by atoms with Gasteiger partial charge in [0.25, 0.3) is 0 Å². The van der Waals surface area contributed by atoms with E-state index in [2.05, 4.69) is 22.5 Å². The number of amides is 2. The molecule has 2 aliphatic heterocycles. The number of hydrogen-bond acceptors (Lipinski definition) is 5. The molecule has 0 radical (unpaired) electrons. The molecular weight excluding hydrogens is 392 g/mol. The van der Waals surface area contributed by atoms with Crippen LogP contribution in [-0.2, 0) is 9.59 Å². The molecule has 3 fully saturated rings. The van der Waals surface area contributed by atoms with Gasteiger partial charge in [-0.2, -0.15) is 0 Å². The molecular formula is C21H29ClN4O3. The van der Waals surface area contributed by atoms with Crippen LogP contribution in [0.1, 0.15) is 37.7 Å². The van der Waals surface area contributed by atoms with Gasteiger partial charge in [-0.15, -0.1) is 0 Å². The molecule has 0 bridgehead atoms. The first-order valence-corrected chi connectivity index (χ1v) is 10.8. The van der Waals surface area contributed by atoms with Gasteiger partial charge in [0.1, 0.15) is 5.54 Å². The van der Waals surface area contributed by atoms with Gasteiger partial charge in [0.2, 0.25) is 11.8 Å². The van der Waals surface area contributed by atoms with Crippen molar-refractivity contribution in [1.82, 2.24) is 15.5 Å². The molecule has 2 saturated heterocycles. The zero-order valence-electron chi connectivity index (χ0n) is 16.8. The summed E-state index contributed by atoms with van der Waals surface area (Å²) in [5.74, 6) is 0.0843. The summed E-state index contributed by atoms with van der Waals surface area (Å²) in [5.41, 5.74) is 1.48. The maximum absolute atomic E-state index is 12.8. The lowest BCUT2D eigenvalue weighted by atomic mass is 9.68. The Morgan fingerprint density at radius 1 is 1.28 bits per heavy atom. The highest BCUT2D eigenvalue weighted by atomic mass is 35.5. The Morgan fingerprint density at radius 3 is 2.59 bits per heavy atom. The van der Waals surface area contributed by atoms with E-state index in [1.54, 1.807) is 0 Å². The van der Waals surface area contributed by atoms with E-state index < -0.39 is 11.9 Å². The number of carbonyl (C=O) groups is 2. The number of aliphatic hydroxyl groups excluding tert-OH is 1. The summed E-state index contributed by atoms with van der Waals surface area (Å²) < 4.78 is 0. The molecule has 2 atom stereocenters. The van der Waals surface area contributed by atoms with E-state index in [0.29, 0.717) is 25.9 Å². The Kier molecular flexibility index (Phi) is 5.73. The number of hydrogen-bond donors (Lipinski definition) is 3. The van der Waals surface area contributed by atoms with Crippen molar-refractivity contribution in [3.8, 4) is 0 Å². The largest absolute Gasteiger partial charge is 0.368 e. The van der Waals surface area contributed by atoms with Gasteiger partial charge in [-0.25, -0.2) is 0 Å². The minimum atomic E-state index is -1.03. The van der Waals surface area contributed by atoms with E-state index in [1.807, 2.05) is 23.1 Å². The summed E-state index contributed by atoms with van der Waals surface area (Å²) in [6.07, 6.45) is 2.71. The van der Waals surface area contributed by atoms with Crippen LogP contribution in [0.2, 0.25) is 5.02 Å². The molecule has 1 aliphatic carbocycles. The lowest BCUT2D eigenvalue weighted by Crippen LogP contribution is -2.56. The summed E-state index contributed by atoms with van der Waals surface area (Å²) in [5, 5.41) is 16.1. The van der Waals surface area contributed by atoms with Crippen LogP contribution in [0.5, 0.6) is 0 Å². The molecule has 0 aromatic heterocycles. The normalized spacial score (nSPS) is 27.7. The number of anilines is 1. The van der Waals surface area contributed by atoms with Gasteiger partial charge in [0.05, 0.1) is 0 Å². The van der Waals surface area contributed by atoms with Crippen molar-refractivity contribution in [2.75, 3.05) is 31.1 Å². The van der Waals surface area contributed by atoms with Crippen LogP contribution in [-0.4, -0.2) is 59.9 Å². The standard InChI is InChI=1S/C21H29ClN4O3/c1-14-5-6-16(22)13-17(14)25-9-11-26(12-10-25)18(27)7-8-21(15-3-2-4-15)19(28)23-20(29)24-21/h5-6,13,15,20,24,29H,2-4,7-12H2,1H3,(H,23,28). The first-order valence-electron chi connectivity index (χ1n) is 10.4. The van der Waals surface area contributed by atoms with Crippen molar-refractivity contribution in [2.45, 2.75) is 50.9 Å². The molecule has 29 heavy (non-hydrogen) atoms. The van der Waals surface area contributed by atoms with Crippen molar-refractivity contribution in [3.63, 3.8) is 0 Å². The molecule has 4 rings (SSSR count). The maximum Gasteiger partial charge on any atom is 0.243 e. The zero-order chi connectivity index (χ0) is 20.6. The molecule has 8 heteroatoms. The third kappa shape index (κ3) is 3.96. The summed E-state index contributed by atoms with van der Waals surface area (Å²) in [6, 6.07) is 5.89. The van der Waals surface area contributed by atoms with Crippen LogP contribution in [0.4, 0.5) is 5.69 Å². The van der Waals surface area contributed by atoms with Crippen molar-refractivity contribution in [2.24, 2.45) is 5.92 Å². The highest BCUT2D eigenvalue weighted by Gasteiger charge is 2.53. The fourth-order valence-corrected chi connectivity index (χ4v) is 4.94. The monoisotopic (exact) mass is 420 g/mol. The fraction of sp³-hybridized carbons (Fsp3) is 0.619. The number of nitrogens with zero attached hydrogens (tertiary/aromatic N) is 2. The minimum absolute atomic E-state index is 0.0714. The van der Waals surface area contributed by atoms with Crippen LogP contribution in [0.15, 0.2) is 18.2 Å². The van der Waals surface area contributed by atoms with E-state index in [0.717, 1.165) is 43.1 Å². The lowest BCUT2D eigenvalue weighted by Gasteiger charge is -2.41. The Bertz CT molecular complexity index is 792. The smallest absolute Gasteiger partial charge is 0.243 e. The molecule has 3 N–H and O–H groups in total. The van der Waals surface area contributed by atoms with Gasteiger partial charge in [-0.3, -0.25) is 14.9 Å². The SMILES string of the molecule is Cc1ccc(Cl)cc1N1CCN(C(=O)CCC2(C3CCC3)NC(O)NC2=O)CC1. The first kappa shape index (κ1) is 20.4. The molecule has 1 aromatic carbocycles. The summed E-state index contributed by atoms with van der Waals surface area (Å²) in [7, 11) is 0. The molecule has 7 nitrogen and oxygen atoms in total. The van der Waals surface area contributed by atoms with Crippen LogP contribution >= 0.6 is 11.6 Å². The third-order valence-corrected chi connectivity index (χ3v) is 6.98. The predicted octanol–water partition coefficient (Wildman–Crippen LogP) is 1.61. The van der Waals surface area contributed by atoms with Crippen molar-refractivity contribution >= 4 is 29.1 Å².